The number of rotatable bonds is 7. The summed E-state index contributed by atoms with van der Waals surface area (Å²) in [6.45, 7) is 11.2. The Morgan fingerprint density at radius 1 is 1.12 bits per heavy atom. The van der Waals surface area contributed by atoms with E-state index in [4.69, 9.17) is 0 Å². The molecule has 1 saturated carbocycles. The Morgan fingerprint density at radius 3 is 2.32 bits per heavy atom. The molecule has 1 N–H and O–H groups in total. The van der Waals surface area contributed by atoms with Gasteiger partial charge in [-0.3, -0.25) is 9.59 Å². The van der Waals surface area contributed by atoms with Crippen molar-refractivity contribution in [2.75, 3.05) is 0 Å². The first-order valence-corrected chi connectivity index (χ1v) is 9.65. The van der Waals surface area contributed by atoms with Gasteiger partial charge in [0.2, 0.25) is 5.91 Å². The summed E-state index contributed by atoms with van der Waals surface area (Å²) in [6.07, 6.45) is 1.44. The molecule has 3 heteroatoms. The van der Waals surface area contributed by atoms with Crippen LogP contribution in [0.2, 0.25) is 0 Å². The third kappa shape index (κ3) is 4.93. The van der Waals surface area contributed by atoms with Crippen LogP contribution in [-0.2, 0) is 16.1 Å². The highest BCUT2D eigenvalue weighted by atomic mass is 16.2. The molecule has 0 aliphatic heterocycles. The molecule has 1 fully saturated rings. The highest BCUT2D eigenvalue weighted by molar-refractivity contribution is 5.85. The number of hydrogen-bond acceptors (Lipinski definition) is 2. The van der Waals surface area contributed by atoms with Crippen LogP contribution in [0.5, 0.6) is 0 Å². The van der Waals surface area contributed by atoms with E-state index in [1.54, 1.807) is 0 Å². The molecule has 0 spiro atoms. The Balaban J connectivity index is 2.08. The number of carbonyl (C=O) groups excluding carboxylic acids is 2. The van der Waals surface area contributed by atoms with E-state index in [0.29, 0.717) is 30.6 Å². The van der Waals surface area contributed by atoms with E-state index >= 15 is 0 Å². The van der Waals surface area contributed by atoms with E-state index in [1.807, 2.05) is 30.3 Å². The van der Waals surface area contributed by atoms with Gasteiger partial charge in [-0.05, 0) is 35.7 Å². The molecular formula is C22H33NO2. The summed E-state index contributed by atoms with van der Waals surface area (Å²) in [6, 6.07) is 9.98. The van der Waals surface area contributed by atoms with Crippen molar-refractivity contribution >= 4 is 11.7 Å². The Bertz CT molecular complexity index is 579. The zero-order valence-corrected chi connectivity index (χ0v) is 16.3. The van der Waals surface area contributed by atoms with E-state index < -0.39 is 0 Å². The lowest BCUT2D eigenvalue weighted by molar-refractivity contribution is -0.129. The molecule has 0 bridgehead atoms. The fourth-order valence-electron chi connectivity index (χ4n) is 4.48. The second-order valence-corrected chi connectivity index (χ2v) is 8.43. The van der Waals surface area contributed by atoms with Gasteiger partial charge in [-0.25, -0.2) is 0 Å². The van der Waals surface area contributed by atoms with Gasteiger partial charge in [-0.15, -0.1) is 0 Å². The van der Waals surface area contributed by atoms with Crippen LogP contribution < -0.4 is 5.32 Å². The van der Waals surface area contributed by atoms with Crippen LogP contribution in [0.25, 0.3) is 0 Å². The fraction of sp³-hybridized carbons (Fsp3) is 0.636. The Labute approximate surface area is 152 Å². The van der Waals surface area contributed by atoms with Crippen molar-refractivity contribution < 1.29 is 9.59 Å². The maximum absolute atomic E-state index is 12.8. The van der Waals surface area contributed by atoms with Crippen LogP contribution in [0.4, 0.5) is 0 Å². The third-order valence-corrected chi connectivity index (χ3v) is 5.52. The maximum atomic E-state index is 12.8. The number of benzene rings is 1. The van der Waals surface area contributed by atoms with Gasteiger partial charge >= 0.3 is 0 Å². The molecule has 0 radical (unpaired) electrons. The molecule has 2 rings (SSSR count). The minimum Gasteiger partial charge on any atom is -0.352 e. The quantitative estimate of drug-likeness (QED) is 0.794. The smallest absolute Gasteiger partial charge is 0.223 e. The molecule has 1 amide bonds. The summed E-state index contributed by atoms with van der Waals surface area (Å²) in [7, 11) is 0. The van der Waals surface area contributed by atoms with Gasteiger partial charge in [-0.1, -0.05) is 65.0 Å². The van der Waals surface area contributed by atoms with Gasteiger partial charge in [0.25, 0.3) is 0 Å². The summed E-state index contributed by atoms with van der Waals surface area (Å²) in [4.78, 5) is 25.6. The number of amides is 1. The number of carbonyl (C=O) groups is 2. The molecule has 138 valence electrons. The van der Waals surface area contributed by atoms with Crippen molar-refractivity contribution in [1.29, 1.82) is 0 Å². The fourth-order valence-corrected chi connectivity index (χ4v) is 4.48. The molecule has 0 heterocycles. The zero-order valence-electron chi connectivity index (χ0n) is 16.3. The first kappa shape index (κ1) is 19.7. The van der Waals surface area contributed by atoms with Crippen molar-refractivity contribution in [3.05, 3.63) is 35.9 Å². The molecule has 1 aliphatic carbocycles. The van der Waals surface area contributed by atoms with Crippen LogP contribution in [0.15, 0.2) is 30.3 Å². The van der Waals surface area contributed by atoms with Gasteiger partial charge in [-0.2, -0.15) is 0 Å². The minimum atomic E-state index is -0.0557. The first-order chi connectivity index (χ1) is 11.8. The van der Waals surface area contributed by atoms with Gasteiger partial charge < -0.3 is 5.32 Å². The lowest BCUT2D eigenvalue weighted by Crippen LogP contribution is -2.37. The summed E-state index contributed by atoms with van der Waals surface area (Å²) >= 11 is 0. The number of nitrogens with one attached hydrogen (secondary N) is 1. The normalized spacial score (nSPS) is 26.2. The molecule has 1 aromatic rings. The first-order valence-electron chi connectivity index (χ1n) is 9.65. The van der Waals surface area contributed by atoms with Gasteiger partial charge in [0.15, 0.2) is 0 Å². The Morgan fingerprint density at radius 2 is 1.76 bits per heavy atom. The molecule has 4 atom stereocenters. The lowest BCUT2D eigenvalue weighted by Gasteiger charge is -2.28. The van der Waals surface area contributed by atoms with Gasteiger partial charge in [0.05, 0.1) is 0 Å². The Kier molecular flexibility index (Phi) is 6.80. The molecule has 3 nitrogen and oxygen atoms in total. The van der Waals surface area contributed by atoms with Crippen LogP contribution in [0, 0.1) is 35.5 Å². The van der Waals surface area contributed by atoms with Gasteiger partial charge in [0, 0.05) is 24.8 Å². The predicted octanol–water partition coefficient (Wildman–Crippen LogP) is 4.46. The van der Waals surface area contributed by atoms with Crippen molar-refractivity contribution in [3.8, 4) is 0 Å². The Hall–Kier alpha value is -1.64. The van der Waals surface area contributed by atoms with E-state index in [-0.39, 0.29) is 29.6 Å². The van der Waals surface area contributed by atoms with Crippen LogP contribution in [0.3, 0.4) is 0 Å². The second kappa shape index (κ2) is 8.64. The summed E-state index contributed by atoms with van der Waals surface area (Å²) < 4.78 is 0. The predicted molar refractivity (Wildman–Crippen MR) is 102 cm³/mol. The van der Waals surface area contributed by atoms with Gasteiger partial charge in [0.1, 0.15) is 5.78 Å². The standard InChI is InChI=1S/C22H33NO2/c1-14(2)11-19(24)21-16(5)12-18(20(21)15(3)4)22(25)23-13-17-9-7-6-8-10-17/h6-10,14-16,18,20-21H,11-13H2,1-5H3,(H,23,25)/t16?,18?,20-,21?/m0/s1. The molecule has 3 unspecified atom stereocenters. The van der Waals surface area contributed by atoms with E-state index in [9.17, 15) is 9.59 Å². The summed E-state index contributed by atoms with van der Waals surface area (Å²) in [5.74, 6) is 1.56. The van der Waals surface area contributed by atoms with E-state index in [2.05, 4.69) is 39.9 Å². The average molecular weight is 344 g/mol. The monoisotopic (exact) mass is 343 g/mol. The molecular weight excluding hydrogens is 310 g/mol. The van der Waals surface area contributed by atoms with E-state index in [0.717, 1.165) is 12.0 Å². The average Bonchev–Trinajstić information content (AvgIpc) is 2.90. The van der Waals surface area contributed by atoms with Crippen molar-refractivity contribution in [2.24, 2.45) is 35.5 Å². The third-order valence-electron chi connectivity index (χ3n) is 5.52. The van der Waals surface area contributed by atoms with E-state index in [1.165, 1.54) is 0 Å². The molecule has 1 aromatic carbocycles. The van der Waals surface area contributed by atoms with Crippen molar-refractivity contribution in [3.63, 3.8) is 0 Å². The van der Waals surface area contributed by atoms with Crippen LogP contribution >= 0.6 is 0 Å². The maximum Gasteiger partial charge on any atom is 0.223 e. The van der Waals surface area contributed by atoms with Crippen molar-refractivity contribution in [1.82, 2.24) is 5.32 Å². The zero-order chi connectivity index (χ0) is 18.6. The lowest BCUT2D eigenvalue weighted by atomic mass is 9.75. The highest BCUT2D eigenvalue weighted by Crippen LogP contribution is 2.46. The largest absolute Gasteiger partial charge is 0.352 e. The minimum absolute atomic E-state index is 0.0230. The number of Topliss-reactive ketones (excluding diaryl/α,β-unsaturated/α-hetero) is 1. The molecule has 25 heavy (non-hydrogen) atoms. The second-order valence-electron chi connectivity index (χ2n) is 8.43. The van der Waals surface area contributed by atoms with Crippen LogP contribution in [-0.4, -0.2) is 11.7 Å². The highest BCUT2D eigenvalue weighted by Gasteiger charge is 2.48. The molecule has 0 aromatic heterocycles. The van der Waals surface area contributed by atoms with Crippen molar-refractivity contribution in [2.45, 2.75) is 54.0 Å². The topological polar surface area (TPSA) is 46.2 Å². The number of ketones is 1. The number of hydrogen-bond donors (Lipinski definition) is 1. The molecule has 0 saturated heterocycles. The SMILES string of the molecule is CC(C)CC(=O)C1C(C)CC(C(=O)NCc2ccccc2)[C@@H]1C(C)C. The summed E-state index contributed by atoms with van der Waals surface area (Å²) in [5, 5.41) is 3.10. The molecule has 1 aliphatic rings. The van der Waals surface area contributed by atoms with Crippen LogP contribution in [0.1, 0.15) is 53.0 Å². The summed E-state index contributed by atoms with van der Waals surface area (Å²) in [5.41, 5.74) is 1.11.